The van der Waals surface area contributed by atoms with Crippen LogP contribution in [0.1, 0.15) is 49.5 Å². The maximum Gasteiger partial charge on any atom is 0.410 e. The molecule has 4 heterocycles. The molecular weight excluding hydrogens is 538 g/mol. The van der Waals surface area contributed by atoms with E-state index in [9.17, 15) is 14.4 Å². The Labute approximate surface area is 246 Å². The number of aromatic nitrogens is 2. The molecule has 0 radical (unpaired) electrons. The zero-order valence-electron chi connectivity index (χ0n) is 24.7. The van der Waals surface area contributed by atoms with Gasteiger partial charge in [0.15, 0.2) is 5.82 Å². The number of nitrogens with zero attached hydrogens (tertiary/aromatic N) is 5. The lowest BCUT2D eigenvalue weighted by Crippen LogP contribution is -2.41. The van der Waals surface area contributed by atoms with Gasteiger partial charge in [-0.2, -0.15) is 5.10 Å². The third kappa shape index (κ3) is 6.97. The monoisotopic (exact) mass is 577 g/mol. The molecule has 0 spiro atoms. The molecule has 12 nitrogen and oxygen atoms in total. The number of hydrogen-bond donors (Lipinski definition) is 2. The van der Waals surface area contributed by atoms with Gasteiger partial charge in [-0.25, -0.2) is 14.3 Å². The van der Waals surface area contributed by atoms with Crippen LogP contribution in [-0.2, 0) is 16.0 Å². The molecule has 0 bridgehead atoms. The van der Waals surface area contributed by atoms with Crippen molar-refractivity contribution in [3.05, 3.63) is 35.4 Å². The standard InChI is InChI=1S/C30H39N7O5/c1-30(2,3)42-29(40)35-9-7-21(8-10-35)5-6-22-17-23(27(38)34-13-15-41-16-14-34)19-24(18-22)36-11-12-37-26(36)20-25(33-37)32-28(39)31-4/h17-21H,7-16H2,1-4H3,(H2,31,32,33,39). The molecule has 3 aliphatic rings. The molecule has 4 amide bonds. The second-order valence-electron chi connectivity index (χ2n) is 11.7. The van der Waals surface area contributed by atoms with Gasteiger partial charge in [0.1, 0.15) is 11.4 Å². The van der Waals surface area contributed by atoms with Crippen LogP contribution in [0.2, 0.25) is 0 Å². The number of carbonyl (C=O) groups is 3. The Kier molecular flexibility index (Phi) is 8.59. The van der Waals surface area contributed by atoms with Crippen molar-refractivity contribution in [1.82, 2.24) is 24.9 Å². The number of hydrogen-bond acceptors (Lipinski definition) is 7. The zero-order valence-corrected chi connectivity index (χ0v) is 24.7. The van der Waals surface area contributed by atoms with Crippen molar-refractivity contribution in [2.75, 3.05) is 63.2 Å². The summed E-state index contributed by atoms with van der Waals surface area (Å²) in [6.07, 6.45) is 1.24. The average molecular weight is 578 g/mol. The van der Waals surface area contributed by atoms with Crippen LogP contribution >= 0.6 is 0 Å². The summed E-state index contributed by atoms with van der Waals surface area (Å²) in [4.78, 5) is 43.4. The smallest absolute Gasteiger partial charge is 0.410 e. The molecule has 224 valence electrons. The van der Waals surface area contributed by atoms with E-state index in [-0.39, 0.29) is 23.9 Å². The lowest BCUT2D eigenvalue weighted by molar-refractivity contribution is 0.0199. The van der Waals surface area contributed by atoms with Gasteiger partial charge in [0.05, 0.1) is 19.8 Å². The molecule has 2 aromatic rings. The molecular formula is C30H39N7O5. The lowest BCUT2D eigenvalue weighted by Gasteiger charge is -2.31. The third-order valence-electron chi connectivity index (χ3n) is 7.38. The van der Waals surface area contributed by atoms with E-state index in [2.05, 4.69) is 32.5 Å². The number of piperidine rings is 1. The van der Waals surface area contributed by atoms with Crippen LogP contribution in [-0.4, -0.2) is 96.2 Å². The maximum atomic E-state index is 13.5. The number of amides is 4. The van der Waals surface area contributed by atoms with E-state index in [1.54, 1.807) is 11.9 Å². The largest absolute Gasteiger partial charge is 0.444 e. The van der Waals surface area contributed by atoms with E-state index in [1.165, 1.54) is 0 Å². The Balaban J connectivity index is 1.37. The molecule has 3 aliphatic heterocycles. The molecule has 0 unspecified atom stereocenters. The van der Waals surface area contributed by atoms with Crippen molar-refractivity contribution in [3.8, 4) is 11.8 Å². The second-order valence-corrected chi connectivity index (χ2v) is 11.7. The predicted octanol–water partition coefficient (Wildman–Crippen LogP) is 3.26. The van der Waals surface area contributed by atoms with Crippen LogP contribution in [0.5, 0.6) is 0 Å². The predicted molar refractivity (Wildman–Crippen MR) is 158 cm³/mol. The van der Waals surface area contributed by atoms with Crippen molar-refractivity contribution < 1.29 is 23.9 Å². The van der Waals surface area contributed by atoms with E-state index in [4.69, 9.17) is 9.47 Å². The quantitative estimate of drug-likeness (QED) is 0.537. The van der Waals surface area contributed by atoms with Crippen LogP contribution in [0.3, 0.4) is 0 Å². The maximum absolute atomic E-state index is 13.5. The first-order chi connectivity index (χ1) is 20.1. The highest BCUT2D eigenvalue weighted by Crippen LogP contribution is 2.33. The number of urea groups is 1. The molecule has 1 aromatic carbocycles. The first kappa shape index (κ1) is 29.3. The normalized spacial score (nSPS) is 17.3. The first-order valence-electron chi connectivity index (χ1n) is 14.5. The average Bonchev–Trinajstić information content (AvgIpc) is 3.55. The number of benzene rings is 1. The minimum atomic E-state index is -0.523. The van der Waals surface area contributed by atoms with Crippen LogP contribution in [0.25, 0.3) is 0 Å². The number of rotatable bonds is 3. The van der Waals surface area contributed by atoms with E-state index >= 15 is 0 Å². The highest BCUT2D eigenvalue weighted by molar-refractivity contribution is 5.96. The van der Waals surface area contributed by atoms with Gasteiger partial charge in [0, 0.05) is 68.6 Å². The Hall–Kier alpha value is -4.24. The van der Waals surface area contributed by atoms with Crippen molar-refractivity contribution in [2.24, 2.45) is 5.92 Å². The number of fused-ring (bicyclic) bond motifs is 1. The van der Waals surface area contributed by atoms with Gasteiger partial charge in [-0.15, -0.1) is 0 Å². The summed E-state index contributed by atoms with van der Waals surface area (Å²) in [7, 11) is 1.55. The number of ether oxygens (including phenoxy) is 2. The number of anilines is 3. The van der Waals surface area contributed by atoms with Crippen LogP contribution < -0.4 is 15.5 Å². The van der Waals surface area contributed by atoms with Crippen LogP contribution in [0.4, 0.5) is 26.9 Å². The first-order valence-corrected chi connectivity index (χ1v) is 14.5. The van der Waals surface area contributed by atoms with E-state index in [0.717, 1.165) is 29.9 Å². The van der Waals surface area contributed by atoms with Crippen molar-refractivity contribution in [2.45, 2.75) is 45.8 Å². The highest BCUT2D eigenvalue weighted by Gasteiger charge is 2.28. The molecule has 2 saturated heterocycles. The topological polar surface area (TPSA) is 121 Å². The fraction of sp³-hybridized carbons (Fsp3) is 0.533. The van der Waals surface area contributed by atoms with Gasteiger partial charge >= 0.3 is 12.1 Å². The molecule has 2 fully saturated rings. The Morgan fingerprint density at radius 1 is 0.976 bits per heavy atom. The Morgan fingerprint density at radius 2 is 1.71 bits per heavy atom. The highest BCUT2D eigenvalue weighted by atomic mass is 16.6. The zero-order chi connectivity index (χ0) is 29.9. The van der Waals surface area contributed by atoms with E-state index in [0.29, 0.717) is 63.9 Å². The van der Waals surface area contributed by atoms with Crippen molar-refractivity contribution in [1.29, 1.82) is 0 Å². The Bertz CT molecular complexity index is 1390. The number of nitrogens with one attached hydrogen (secondary N) is 2. The molecule has 2 N–H and O–H groups in total. The van der Waals surface area contributed by atoms with Crippen molar-refractivity contribution in [3.63, 3.8) is 0 Å². The Morgan fingerprint density at radius 3 is 2.40 bits per heavy atom. The summed E-state index contributed by atoms with van der Waals surface area (Å²) in [6, 6.07) is 7.23. The van der Waals surface area contributed by atoms with Crippen molar-refractivity contribution >= 4 is 35.4 Å². The van der Waals surface area contributed by atoms with Gasteiger partial charge in [0.2, 0.25) is 0 Å². The summed E-state index contributed by atoms with van der Waals surface area (Å²) in [6.45, 7) is 10.2. The second kappa shape index (κ2) is 12.3. The minimum absolute atomic E-state index is 0.0523. The minimum Gasteiger partial charge on any atom is -0.444 e. The number of carbonyl (C=O) groups excluding carboxylic acids is 3. The summed E-state index contributed by atoms with van der Waals surface area (Å²) in [5.41, 5.74) is 1.63. The molecule has 0 atom stereocenters. The molecule has 1 aromatic heterocycles. The van der Waals surface area contributed by atoms with Gasteiger partial charge in [-0.3, -0.25) is 10.1 Å². The summed E-state index contributed by atoms with van der Waals surface area (Å²) in [5.74, 6) is 8.08. The number of morpholine rings is 1. The SMILES string of the molecule is CNC(=O)Nc1cc2n(n1)CCN2c1cc(C#CC2CCN(C(=O)OC(C)(C)C)CC2)cc(C(=O)N2CCOCC2)c1. The van der Waals surface area contributed by atoms with Gasteiger partial charge in [-0.1, -0.05) is 11.8 Å². The van der Waals surface area contributed by atoms with Gasteiger partial charge in [-0.05, 0) is 51.8 Å². The number of likely N-dealkylation sites (tertiary alicyclic amines) is 1. The summed E-state index contributed by atoms with van der Waals surface area (Å²) >= 11 is 0. The van der Waals surface area contributed by atoms with E-state index < -0.39 is 5.60 Å². The molecule has 12 heteroatoms. The summed E-state index contributed by atoms with van der Waals surface area (Å²) in [5, 5.41) is 9.74. The fourth-order valence-corrected chi connectivity index (χ4v) is 5.23. The fourth-order valence-electron chi connectivity index (χ4n) is 5.23. The molecule has 5 rings (SSSR count). The van der Waals surface area contributed by atoms with Gasteiger partial charge in [0.25, 0.3) is 5.91 Å². The molecule has 42 heavy (non-hydrogen) atoms. The third-order valence-corrected chi connectivity index (χ3v) is 7.38. The van der Waals surface area contributed by atoms with E-state index in [1.807, 2.05) is 54.6 Å². The molecule has 0 aliphatic carbocycles. The van der Waals surface area contributed by atoms with Crippen LogP contribution in [0.15, 0.2) is 24.3 Å². The lowest BCUT2D eigenvalue weighted by atomic mass is 9.97. The summed E-state index contributed by atoms with van der Waals surface area (Å²) < 4.78 is 12.8. The van der Waals surface area contributed by atoms with Gasteiger partial charge < -0.3 is 29.5 Å². The molecule has 0 saturated carbocycles. The van der Waals surface area contributed by atoms with Crippen LogP contribution in [0, 0.1) is 17.8 Å².